The van der Waals surface area contributed by atoms with E-state index in [2.05, 4.69) is 20.3 Å². The highest BCUT2D eigenvalue weighted by Gasteiger charge is 2.34. The monoisotopic (exact) mass is 486 g/mol. The van der Waals surface area contributed by atoms with Crippen molar-refractivity contribution in [3.05, 3.63) is 70.1 Å². The fourth-order valence-corrected chi connectivity index (χ4v) is 4.47. The maximum absolute atomic E-state index is 13.2. The Morgan fingerprint density at radius 1 is 1.00 bits per heavy atom. The number of fused-ring (bicyclic) bond motifs is 1. The number of pyridine rings is 1. The number of methoxy groups -OCH3 is 2. The molecule has 3 aromatic heterocycles. The largest absolute Gasteiger partial charge is 0.506 e. The predicted molar refractivity (Wildman–Crippen MR) is 129 cm³/mol. The van der Waals surface area contributed by atoms with E-state index in [0.717, 1.165) is 18.2 Å². The smallest absolute Gasteiger partial charge is 0.264 e. The van der Waals surface area contributed by atoms with Gasteiger partial charge in [-0.15, -0.1) is 10.2 Å². The molecule has 1 aliphatic rings. The third-order valence-corrected chi connectivity index (χ3v) is 6.33. The molecular weight excluding hydrogens is 464 g/mol. The molecule has 0 unspecified atom stereocenters. The van der Waals surface area contributed by atoms with Crippen LogP contribution in [0.15, 0.2) is 56.2 Å². The number of benzene rings is 2. The van der Waals surface area contributed by atoms with Gasteiger partial charge in [0.1, 0.15) is 28.5 Å². The molecule has 1 saturated carbocycles. The lowest BCUT2D eigenvalue weighted by molar-refractivity contribution is 0.396. The first kappa shape index (κ1) is 21.9. The summed E-state index contributed by atoms with van der Waals surface area (Å²) < 4.78 is 22.3. The standard InChI is InChI=1S/C26H22N4O6/c1-33-17-8-5-9-18(34-2)20(17)21-23(13-10-11-13)27-25(32)22(24(21)31)26-29-28-19(35-26)12-15-14-6-3-4-7-16(14)36-30-15/h3-9,13H,10-12H2,1-2H3,(H2,27,31,32). The number of hydrogen-bond donors (Lipinski definition) is 2. The van der Waals surface area contributed by atoms with Gasteiger partial charge in [-0.1, -0.05) is 23.4 Å². The zero-order valence-electron chi connectivity index (χ0n) is 19.6. The number of rotatable bonds is 7. The Morgan fingerprint density at radius 2 is 1.75 bits per heavy atom. The Hall–Kier alpha value is -4.60. The van der Waals surface area contributed by atoms with Gasteiger partial charge in [-0.3, -0.25) is 4.79 Å². The second-order valence-electron chi connectivity index (χ2n) is 8.58. The second-order valence-corrected chi connectivity index (χ2v) is 8.58. The molecule has 1 fully saturated rings. The van der Waals surface area contributed by atoms with Crippen molar-refractivity contribution in [3.63, 3.8) is 0 Å². The maximum atomic E-state index is 13.2. The molecule has 0 bridgehead atoms. The predicted octanol–water partition coefficient (Wildman–Crippen LogP) is 4.42. The first-order valence-electron chi connectivity index (χ1n) is 11.5. The SMILES string of the molecule is COc1cccc(OC)c1-c1c(C2CC2)[nH]c(=O)c(-c2nnc(Cc3noc4ccccc34)o2)c1O. The third-order valence-electron chi connectivity index (χ3n) is 6.33. The molecule has 10 nitrogen and oxygen atoms in total. The summed E-state index contributed by atoms with van der Waals surface area (Å²) in [6, 6.07) is 12.8. The molecule has 3 heterocycles. The Labute approximate surface area is 204 Å². The maximum Gasteiger partial charge on any atom is 0.264 e. The summed E-state index contributed by atoms with van der Waals surface area (Å²) in [5.41, 5.74) is 2.21. The first-order chi connectivity index (χ1) is 17.6. The van der Waals surface area contributed by atoms with Crippen LogP contribution in [-0.4, -0.2) is 39.7 Å². The van der Waals surface area contributed by atoms with E-state index in [1.807, 2.05) is 24.3 Å². The first-order valence-corrected chi connectivity index (χ1v) is 11.5. The van der Waals surface area contributed by atoms with Crippen LogP contribution in [0.2, 0.25) is 0 Å². The van der Waals surface area contributed by atoms with Crippen LogP contribution in [0.3, 0.4) is 0 Å². The van der Waals surface area contributed by atoms with Crippen molar-refractivity contribution in [3.8, 4) is 39.8 Å². The Morgan fingerprint density at radius 3 is 2.47 bits per heavy atom. The fourth-order valence-electron chi connectivity index (χ4n) is 4.47. The van der Waals surface area contributed by atoms with E-state index < -0.39 is 5.56 Å². The Kier molecular flexibility index (Phi) is 5.21. The summed E-state index contributed by atoms with van der Waals surface area (Å²) in [4.78, 5) is 16.1. The van der Waals surface area contributed by atoms with Crippen molar-refractivity contribution >= 4 is 11.0 Å². The summed E-state index contributed by atoms with van der Waals surface area (Å²) in [6.45, 7) is 0. The fraction of sp³-hybridized carbons (Fsp3) is 0.231. The average molecular weight is 486 g/mol. The van der Waals surface area contributed by atoms with Gasteiger partial charge < -0.3 is 28.5 Å². The summed E-state index contributed by atoms with van der Waals surface area (Å²) in [6.07, 6.45) is 2.00. The molecule has 10 heteroatoms. The Bertz CT molecular complexity index is 1620. The van der Waals surface area contributed by atoms with E-state index in [4.69, 9.17) is 18.4 Å². The summed E-state index contributed by atoms with van der Waals surface area (Å²) in [5, 5.41) is 24.6. The zero-order valence-corrected chi connectivity index (χ0v) is 19.6. The minimum absolute atomic E-state index is 0.103. The van der Waals surface area contributed by atoms with E-state index >= 15 is 0 Å². The average Bonchev–Trinajstić information content (AvgIpc) is 3.52. The van der Waals surface area contributed by atoms with Crippen molar-refractivity contribution in [2.24, 2.45) is 0 Å². The van der Waals surface area contributed by atoms with Gasteiger partial charge >= 0.3 is 0 Å². The van der Waals surface area contributed by atoms with Crippen molar-refractivity contribution < 1.29 is 23.5 Å². The van der Waals surface area contributed by atoms with Gasteiger partial charge in [-0.05, 0) is 43.0 Å². The zero-order chi connectivity index (χ0) is 24.8. The molecule has 0 atom stereocenters. The highest BCUT2D eigenvalue weighted by molar-refractivity contribution is 5.87. The van der Waals surface area contributed by atoms with Gasteiger partial charge in [0.15, 0.2) is 5.58 Å². The third kappa shape index (κ3) is 3.58. The molecule has 0 radical (unpaired) electrons. The lowest BCUT2D eigenvalue weighted by Gasteiger charge is -2.18. The molecule has 36 heavy (non-hydrogen) atoms. The minimum atomic E-state index is -0.519. The highest BCUT2D eigenvalue weighted by atomic mass is 16.5. The number of aromatic hydroxyl groups is 1. The van der Waals surface area contributed by atoms with Crippen molar-refractivity contribution in [2.75, 3.05) is 14.2 Å². The number of aromatic nitrogens is 4. The number of H-pyrrole nitrogens is 1. The van der Waals surface area contributed by atoms with Crippen molar-refractivity contribution in [2.45, 2.75) is 25.2 Å². The van der Waals surface area contributed by atoms with Gasteiger partial charge in [0.25, 0.3) is 11.4 Å². The normalized spacial score (nSPS) is 13.3. The number of nitrogens with zero attached hydrogens (tertiary/aromatic N) is 3. The van der Waals surface area contributed by atoms with Crippen LogP contribution in [0, 0.1) is 0 Å². The summed E-state index contributed by atoms with van der Waals surface area (Å²) in [5.74, 6) is 0.952. The van der Waals surface area contributed by atoms with E-state index in [1.165, 1.54) is 14.2 Å². The van der Waals surface area contributed by atoms with Crippen LogP contribution < -0.4 is 15.0 Å². The van der Waals surface area contributed by atoms with Crippen LogP contribution in [-0.2, 0) is 6.42 Å². The molecule has 0 amide bonds. The number of ether oxygens (including phenoxy) is 2. The van der Waals surface area contributed by atoms with Gasteiger partial charge in [0.05, 0.1) is 31.8 Å². The van der Waals surface area contributed by atoms with E-state index in [1.54, 1.807) is 18.2 Å². The van der Waals surface area contributed by atoms with E-state index in [0.29, 0.717) is 39.6 Å². The second kappa shape index (κ2) is 8.56. The van der Waals surface area contributed by atoms with Gasteiger partial charge in [-0.25, -0.2) is 0 Å². The van der Waals surface area contributed by atoms with Gasteiger partial charge in [0.2, 0.25) is 5.89 Å². The molecule has 0 aliphatic heterocycles. The summed E-state index contributed by atoms with van der Waals surface area (Å²) >= 11 is 0. The molecule has 0 saturated heterocycles. The van der Waals surface area contributed by atoms with Crippen molar-refractivity contribution in [1.29, 1.82) is 0 Å². The number of aromatic amines is 1. The van der Waals surface area contributed by atoms with Crippen LogP contribution >= 0.6 is 0 Å². The van der Waals surface area contributed by atoms with Gasteiger partial charge in [0, 0.05) is 11.1 Å². The molecule has 0 spiro atoms. The van der Waals surface area contributed by atoms with E-state index in [-0.39, 0.29) is 35.4 Å². The molecular formula is C26H22N4O6. The number of para-hydroxylation sites is 1. The van der Waals surface area contributed by atoms with Crippen molar-refractivity contribution in [1.82, 2.24) is 20.3 Å². The van der Waals surface area contributed by atoms with Gasteiger partial charge in [-0.2, -0.15) is 0 Å². The quantitative estimate of drug-likeness (QED) is 0.342. The minimum Gasteiger partial charge on any atom is -0.506 e. The lowest BCUT2D eigenvalue weighted by atomic mass is 9.96. The summed E-state index contributed by atoms with van der Waals surface area (Å²) in [7, 11) is 3.08. The molecule has 6 rings (SSSR count). The molecule has 5 aromatic rings. The molecule has 2 N–H and O–H groups in total. The molecule has 2 aromatic carbocycles. The highest BCUT2D eigenvalue weighted by Crippen LogP contribution is 2.51. The lowest BCUT2D eigenvalue weighted by Crippen LogP contribution is -2.14. The van der Waals surface area contributed by atoms with Crippen LogP contribution in [0.4, 0.5) is 0 Å². The molecule has 1 aliphatic carbocycles. The molecule has 182 valence electrons. The van der Waals surface area contributed by atoms with Crippen LogP contribution in [0.5, 0.6) is 17.2 Å². The topological polar surface area (TPSA) is 136 Å². The van der Waals surface area contributed by atoms with Crippen LogP contribution in [0.25, 0.3) is 33.6 Å². The van der Waals surface area contributed by atoms with E-state index in [9.17, 15) is 9.90 Å². The van der Waals surface area contributed by atoms with Crippen LogP contribution in [0.1, 0.15) is 36.0 Å². The Balaban J connectivity index is 1.48. The number of hydrogen-bond acceptors (Lipinski definition) is 9. The number of nitrogens with one attached hydrogen (secondary N) is 1.